The van der Waals surface area contributed by atoms with E-state index in [-0.39, 0.29) is 5.28 Å². The molecule has 16 heavy (non-hydrogen) atoms. The second-order valence-corrected chi connectivity index (χ2v) is 3.27. The Labute approximate surface area is 99.4 Å². The molecule has 0 spiro atoms. The molecule has 1 aromatic rings. The van der Waals surface area contributed by atoms with Gasteiger partial charge in [-0.25, -0.2) is 9.97 Å². The van der Waals surface area contributed by atoms with Crippen LogP contribution in [0.3, 0.4) is 0 Å². The first-order chi connectivity index (χ1) is 7.49. The molecule has 7 heteroatoms. The van der Waals surface area contributed by atoms with Crippen LogP contribution < -0.4 is 16.8 Å². The maximum absolute atomic E-state index is 10.8. The molecular formula is C9H16ClN5O. The highest BCUT2D eigenvalue weighted by Crippen LogP contribution is 2.10. The first-order valence-electron chi connectivity index (χ1n) is 4.64. The lowest BCUT2D eigenvalue weighted by Crippen LogP contribution is -2.32. The number of hydrogen-bond donors (Lipinski definition) is 3. The van der Waals surface area contributed by atoms with Crippen LogP contribution in [0.2, 0.25) is 5.28 Å². The molecule has 1 rings (SSSR count). The number of carbonyl (C=O) groups excluding carboxylic acids is 1. The van der Waals surface area contributed by atoms with E-state index in [4.69, 9.17) is 17.3 Å². The summed E-state index contributed by atoms with van der Waals surface area (Å²) in [4.78, 5) is 18.5. The molecule has 1 heterocycles. The van der Waals surface area contributed by atoms with Crippen molar-refractivity contribution in [2.24, 2.45) is 11.5 Å². The summed E-state index contributed by atoms with van der Waals surface area (Å²) in [7, 11) is 1.50. The largest absolute Gasteiger partial charge is 0.368 e. The molecule has 1 amide bonds. The second kappa shape index (κ2) is 6.97. The summed E-state index contributed by atoms with van der Waals surface area (Å²) in [6, 6.07) is 1.20. The quantitative estimate of drug-likeness (QED) is 0.664. The second-order valence-electron chi connectivity index (χ2n) is 2.93. The van der Waals surface area contributed by atoms with Crippen LogP contribution in [0.1, 0.15) is 12.6 Å². The number of amides is 1. The fourth-order valence-electron chi connectivity index (χ4n) is 0.899. The average Bonchev–Trinajstić information content (AvgIpc) is 2.18. The first-order valence-corrected chi connectivity index (χ1v) is 5.01. The molecule has 0 aliphatic carbocycles. The summed E-state index contributed by atoms with van der Waals surface area (Å²) >= 11 is 5.63. The predicted octanol–water partition coefficient (Wildman–Crippen LogP) is 0.299. The topological polar surface area (TPSA) is 107 Å². The summed E-state index contributed by atoms with van der Waals surface area (Å²) < 4.78 is 0. The van der Waals surface area contributed by atoms with Gasteiger partial charge in [-0.15, -0.1) is 0 Å². The normalized spacial score (nSPS) is 11.1. The average molecular weight is 246 g/mol. The highest BCUT2D eigenvalue weighted by Gasteiger charge is 2.09. The molecule has 6 nitrogen and oxygen atoms in total. The first kappa shape index (κ1) is 14.6. The Balaban J connectivity index is 0.00000106. The fourth-order valence-corrected chi connectivity index (χ4v) is 1.12. The van der Waals surface area contributed by atoms with Gasteiger partial charge in [-0.2, -0.15) is 0 Å². The van der Waals surface area contributed by atoms with Crippen molar-refractivity contribution in [3.63, 3.8) is 0 Å². The third-order valence-corrected chi connectivity index (χ3v) is 1.79. The Morgan fingerprint density at radius 2 is 2.06 bits per heavy atom. The lowest BCUT2D eigenvalue weighted by atomic mass is 10.3. The SMILES string of the molecule is CN.Cc1cc(NC(C)C(N)=O)nc(Cl)n1. The Kier molecular flexibility index (Phi) is 6.36. The Bertz CT molecular complexity index is 338. The van der Waals surface area contributed by atoms with Gasteiger partial charge >= 0.3 is 0 Å². The number of nitrogens with zero attached hydrogens (tertiary/aromatic N) is 2. The number of rotatable bonds is 3. The molecular weight excluding hydrogens is 230 g/mol. The van der Waals surface area contributed by atoms with E-state index >= 15 is 0 Å². The van der Waals surface area contributed by atoms with E-state index in [0.717, 1.165) is 5.69 Å². The van der Waals surface area contributed by atoms with E-state index < -0.39 is 11.9 Å². The molecule has 1 unspecified atom stereocenters. The summed E-state index contributed by atoms with van der Waals surface area (Å²) in [6.07, 6.45) is 0. The van der Waals surface area contributed by atoms with Crippen LogP contribution in [0, 0.1) is 6.92 Å². The summed E-state index contributed by atoms with van der Waals surface area (Å²) in [5, 5.41) is 2.96. The molecule has 0 bridgehead atoms. The molecule has 0 radical (unpaired) electrons. The van der Waals surface area contributed by atoms with E-state index in [0.29, 0.717) is 5.82 Å². The van der Waals surface area contributed by atoms with E-state index in [9.17, 15) is 4.79 Å². The third-order valence-electron chi connectivity index (χ3n) is 1.62. The van der Waals surface area contributed by atoms with Crippen LogP contribution in [0.4, 0.5) is 5.82 Å². The van der Waals surface area contributed by atoms with E-state index in [1.54, 1.807) is 19.9 Å². The van der Waals surface area contributed by atoms with Crippen molar-refractivity contribution in [2.75, 3.05) is 12.4 Å². The standard InChI is InChI=1S/C8H11ClN4O.CH5N/c1-4-3-6(13-8(9)11-4)12-5(2)7(10)14;1-2/h3,5H,1-2H3,(H2,10,14)(H,11,12,13);2H2,1H3. The Morgan fingerprint density at radius 1 is 1.50 bits per heavy atom. The van der Waals surface area contributed by atoms with Crippen molar-refractivity contribution in [1.82, 2.24) is 9.97 Å². The van der Waals surface area contributed by atoms with Crippen LogP contribution in [-0.4, -0.2) is 29.0 Å². The number of aromatic nitrogens is 2. The maximum Gasteiger partial charge on any atom is 0.239 e. The van der Waals surface area contributed by atoms with E-state index in [1.807, 2.05) is 0 Å². The predicted molar refractivity (Wildman–Crippen MR) is 64.2 cm³/mol. The maximum atomic E-state index is 10.8. The lowest BCUT2D eigenvalue weighted by molar-refractivity contribution is -0.118. The summed E-state index contributed by atoms with van der Waals surface area (Å²) in [5.74, 6) is 0.0474. The number of anilines is 1. The van der Waals surface area contributed by atoms with Crippen LogP contribution in [0.15, 0.2) is 6.07 Å². The van der Waals surface area contributed by atoms with E-state index in [2.05, 4.69) is 21.0 Å². The summed E-state index contributed by atoms with van der Waals surface area (Å²) in [5.41, 5.74) is 10.3. The monoisotopic (exact) mass is 245 g/mol. The molecule has 0 aromatic carbocycles. The molecule has 1 aromatic heterocycles. The molecule has 90 valence electrons. The zero-order valence-electron chi connectivity index (χ0n) is 9.49. The van der Waals surface area contributed by atoms with Gasteiger partial charge in [-0.1, -0.05) is 0 Å². The van der Waals surface area contributed by atoms with Crippen LogP contribution in [0.25, 0.3) is 0 Å². The fraction of sp³-hybridized carbons (Fsp3) is 0.444. The van der Waals surface area contributed by atoms with Gasteiger partial charge in [0.15, 0.2) is 0 Å². The smallest absolute Gasteiger partial charge is 0.239 e. The van der Waals surface area contributed by atoms with Crippen molar-refractivity contribution in [3.05, 3.63) is 17.0 Å². The number of hydrogen-bond acceptors (Lipinski definition) is 5. The number of primary amides is 1. The van der Waals surface area contributed by atoms with Crippen LogP contribution in [0.5, 0.6) is 0 Å². The minimum absolute atomic E-state index is 0.143. The number of carbonyl (C=O) groups is 1. The molecule has 1 atom stereocenters. The molecule has 0 aliphatic rings. The van der Waals surface area contributed by atoms with Gasteiger partial charge in [0.1, 0.15) is 11.9 Å². The minimum Gasteiger partial charge on any atom is -0.368 e. The van der Waals surface area contributed by atoms with Crippen LogP contribution in [-0.2, 0) is 4.79 Å². The molecule has 0 saturated carbocycles. The summed E-state index contributed by atoms with van der Waals surface area (Å²) in [6.45, 7) is 3.43. The van der Waals surface area contributed by atoms with Gasteiger partial charge in [0.25, 0.3) is 0 Å². The van der Waals surface area contributed by atoms with E-state index in [1.165, 1.54) is 7.05 Å². The van der Waals surface area contributed by atoms with Crippen molar-refractivity contribution in [1.29, 1.82) is 0 Å². The van der Waals surface area contributed by atoms with Crippen molar-refractivity contribution >= 4 is 23.3 Å². The molecule has 5 N–H and O–H groups in total. The third kappa shape index (κ3) is 4.90. The van der Waals surface area contributed by atoms with Gasteiger partial charge in [0.05, 0.1) is 0 Å². The zero-order chi connectivity index (χ0) is 12.7. The molecule has 0 aliphatic heterocycles. The number of nitrogens with one attached hydrogen (secondary N) is 1. The lowest BCUT2D eigenvalue weighted by Gasteiger charge is -2.10. The molecule has 0 fully saturated rings. The van der Waals surface area contributed by atoms with Gasteiger partial charge in [0, 0.05) is 11.8 Å². The Morgan fingerprint density at radius 3 is 2.50 bits per heavy atom. The molecule has 0 saturated heterocycles. The van der Waals surface area contributed by atoms with Crippen LogP contribution >= 0.6 is 11.6 Å². The number of halogens is 1. The number of nitrogens with two attached hydrogens (primary N) is 2. The zero-order valence-corrected chi connectivity index (χ0v) is 10.2. The van der Waals surface area contributed by atoms with Gasteiger partial charge < -0.3 is 16.8 Å². The minimum atomic E-state index is -0.486. The highest BCUT2D eigenvalue weighted by atomic mass is 35.5. The van der Waals surface area contributed by atoms with Gasteiger partial charge in [0.2, 0.25) is 11.2 Å². The Hall–Kier alpha value is -1.40. The van der Waals surface area contributed by atoms with Gasteiger partial charge in [-0.05, 0) is 32.5 Å². The van der Waals surface area contributed by atoms with Crippen molar-refractivity contribution in [2.45, 2.75) is 19.9 Å². The highest BCUT2D eigenvalue weighted by molar-refractivity contribution is 6.28. The van der Waals surface area contributed by atoms with Crippen molar-refractivity contribution in [3.8, 4) is 0 Å². The van der Waals surface area contributed by atoms with Gasteiger partial charge in [-0.3, -0.25) is 4.79 Å². The van der Waals surface area contributed by atoms with Crippen molar-refractivity contribution < 1.29 is 4.79 Å². The number of aryl methyl sites for hydroxylation is 1.